The number of nitrogens with zero attached hydrogens (tertiary/aromatic N) is 3. The number of hydrogen-bond donors (Lipinski definition) is 1. The summed E-state index contributed by atoms with van der Waals surface area (Å²) in [5.74, 6) is 1.77. The molecule has 1 N–H and O–H groups in total. The van der Waals surface area contributed by atoms with Crippen molar-refractivity contribution in [3.63, 3.8) is 0 Å². The Morgan fingerprint density at radius 1 is 1.47 bits per heavy atom. The minimum atomic E-state index is 0.748. The van der Waals surface area contributed by atoms with Crippen molar-refractivity contribution < 1.29 is 0 Å². The molecule has 0 amide bonds. The van der Waals surface area contributed by atoms with E-state index in [1.165, 1.54) is 19.3 Å². The van der Waals surface area contributed by atoms with Crippen molar-refractivity contribution in [1.82, 2.24) is 15.3 Å². The monoisotopic (exact) mass is 234 g/mol. The summed E-state index contributed by atoms with van der Waals surface area (Å²) in [5.41, 5.74) is 0. The summed E-state index contributed by atoms with van der Waals surface area (Å²) in [4.78, 5) is 10.9. The fourth-order valence-corrected chi connectivity index (χ4v) is 2.38. The highest BCUT2D eigenvalue weighted by molar-refractivity contribution is 5.35. The number of piperidine rings is 1. The second-order valence-electron chi connectivity index (χ2n) is 4.72. The van der Waals surface area contributed by atoms with Crippen molar-refractivity contribution in [2.24, 2.45) is 5.92 Å². The molecule has 17 heavy (non-hydrogen) atoms. The molecule has 1 atom stereocenters. The van der Waals surface area contributed by atoms with E-state index in [9.17, 15) is 0 Å². The molecule has 1 fully saturated rings. The Kier molecular flexibility index (Phi) is 4.74. The van der Waals surface area contributed by atoms with E-state index in [4.69, 9.17) is 0 Å². The van der Waals surface area contributed by atoms with Gasteiger partial charge in [-0.05, 0) is 38.3 Å². The lowest BCUT2D eigenvalue weighted by Crippen LogP contribution is -2.40. The van der Waals surface area contributed by atoms with Crippen molar-refractivity contribution in [3.8, 4) is 0 Å². The predicted octanol–water partition coefficient (Wildman–Crippen LogP) is 1.69. The average Bonchev–Trinajstić information content (AvgIpc) is 2.41. The molecule has 4 nitrogen and oxygen atoms in total. The molecule has 1 aromatic rings. The predicted molar refractivity (Wildman–Crippen MR) is 70.1 cm³/mol. The molecule has 94 valence electrons. The van der Waals surface area contributed by atoms with Crippen LogP contribution in [0.2, 0.25) is 0 Å². The number of nitrogens with one attached hydrogen (secondary N) is 1. The van der Waals surface area contributed by atoms with Crippen LogP contribution in [0.25, 0.3) is 0 Å². The molecule has 0 saturated carbocycles. The molecule has 0 spiro atoms. The van der Waals surface area contributed by atoms with E-state index in [-0.39, 0.29) is 0 Å². The van der Waals surface area contributed by atoms with Gasteiger partial charge in [0.25, 0.3) is 0 Å². The van der Waals surface area contributed by atoms with Gasteiger partial charge < -0.3 is 10.2 Å². The van der Waals surface area contributed by atoms with Crippen molar-refractivity contribution in [2.75, 3.05) is 31.1 Å². The van der Waals surface area contributed by atoms with E-state index in [2.05, 4.69) is 27.1 Å². The lowest BCUT2D eigenvalue weighted by molar-refractivity contribution is 0.391. The van der Waals surface area contributed by atoms with Gasteiger partial charge in [-0.25, -0.2) is 4.98 Å². The van der Waals surface area contributed by atoms with Crippen molar-refractivity contribution in [3.05, 3.63) is 18.6 Å². The molecule has 1 saturated heterocycles. The van der Waals surface area contributed by atoms with Gasteiger partial charge in [-0.2, -0.15) is 0 Å². The molecule has 2 heterocycles. The first kappa shape index (κ1) is 12.3. The van der Waals surface area contributed by atoms with Crippen LogP contribution in [-0.4, -0.2) is 36.1 Å². The van der Waals surface area contributed by atoms with Crippen LogP contribution < -0.4 is 10.2 Å². The first-order valence-corrected chi connectivity index (χ1v) is 6.62. The van der Waals surface area contributed by atoms with Gasteiger partial charge in [0.1, 0.15) is 5.82 Å². The van der Waals surface area contributed by atoms with E-state index in [0.29, 0.717) is 0 Å². The molecule has 1 aliphatic heterocycles. The molecule has 4 heteroatoms. The van der Waals surface area contributed by atoms with Crippen LogP contribution in [0.3, 0.4) is 0 Å². The first-order chi connectivity index (χ1) is 8.40. The number of aromatic nitrogens is 2. The summed E-state index contributed by atoms with van der Waals surface area (Å²) in [5, 5.41) is 3.51. The van der Waals surface area contributed by atoms with Crippen molar-refractivity contribution >= 4 is 5.82 Å². The van der Waals surface area contributed by atoms with Crippen LogP contribution in [0.15, 0.2) is 18.6 Å². The summed E-state index contributed by atoms with van der Waals surface area (Å²) in [6.07, 6.45) is 9.16. The Morgan fingerprint density at radius 3 is 3.18 bits per heavy atom. The van der Waals surface area contributed by atoms with Gasteiger partial charge in [-0.15, -0.1) is 0 Å². The Morgan fingerprint density at radius 2 is 2.41 bits per heavy atom. The SMILES string of the molecule is CCCNCC1CCCN(c2cnccn2)C1. The molecule has 0 bridgehead atoms. The second-order valence-corrected chi connectivity index (χ2v) is 4.72. The van der Waals surface area contributed by atoms with Crippen LogP contribution in [0, 0.1) is 5.92 Å². The fraction of sp³-hybridized carbons (Fsp3) is 0.692. The van der Waals surface area contributed by atoms with Gasteiger partial charge in [0, 0.05) is 25.5 Å². The van der Waals surface area contributed by atoms with Crippen LogP contribution >= 0.6 is 0 Å². The molecule has 1 aliphatic rings. The normalized spacial score (nSPS) is 20.5. The lowest BCUT2D eigenvalue weighted by Gasteiger charge is -2.33. The quantitative estimate of drug-likeness (QED) is 0.787. The van der Waals surface area contributed by atoms with Gasteiger partial charge >= 0.3 is 0 Å². The maximum Gasteiger partial charge on any atom is 0.147 e. The molecular formula is C13H22N4. The maximum absolute atomic E-state index is 4.38. The van der Waals surface area contributed by atoms with Gasteiger partial charge in [0.05, 0.1) is 6.20 Å². The third-order valence-corrected chi connectivity index (χ3v) is 3.25. The number of rotatable bonds is 5. The minimum Gasteiger partial charge on any atom is -0.355 e. The van der Waals surface area contributed by atoms with Crippen LogP contribution in [0.1, 0.15) is 26.2 Å². The van der Waals surface area contributed by atoms with Gasteiger partial charge in [0.2, 0.25) is 0 Å². The fourth-order valence-electron chi connectivity index (χ4n) is 2.38. The highest BCUT2D eigenvalue weighted by Gasteiger charge is 2.20. The molecule has 1 aromatic heterocycles. The first-order valence-electron chi connectivity index (χ1n) is 6.62. The smallest absolute Gasteiger partial charge is 0.147 e. The zero-order valence-electron chi connectivity index (χ0n) is 10.6. The summed E-state index contributed by atoms with van der Waals surface area (Å²) >= 11 is 0. The second kappa shape index (κ2) is 6.55. The Balaban J connectivity index is 1.84. The highest BCUT2D eigenvalue weighted by Crippen LogP contribution is 2.20. The summed E-state index contributed by atoms with van der Waals surface area (Å²) in [6, 6.07) is 0. The number of anilines is 1. The summed E-state index contributed by atoms with van der Waals surface area (Å²) in [6.45, 7) is 6.68. The Hall–Kier alpha value is -1.16. The van der Waals surface area contributed by atoms with Crippen LogP contribution in [-0.2, 0) is 0 Å². The largest absolute Gasteiger partial charge is 0.355 e. The molecule has 0 radical (unpaired) electrons. The Labute approximate surface area is 103 Å². The topological polar surface area (TPSA) is 41.0 Å². The van der Waals surface area contributed by atoms with Crippen molar-refractivity contribution in [2.45, 2.75) is 26.2 Å². The van der Waals surface area contributed by atoms with Gasteiger partial charge in [-0.1, -0.05) is 6.92 Å². The average molecular weight is 234 g/mol. The van der Waals surface area contributed by atoms with E-state index < -0.39 is 0 Å². The van der Waals surface area contributed by atoms with E-state index >= 15 is 0 Å². The van der Waals surface area contributed by atoms with Crippen molar-refractivity contribution in [1.29, 1.82) is 0 Å². The highest BCUT2D eigenvalue weighted by atomic mass is 15.2. The molecule has 1 unspecified atom stereocenters. The maximum atomic E-state index is 4.38. The zero-order valence-corrected chi connectivity index (χ0v) is 10.6. The van der Waals surface area contributed by atoms with Crippen LogP contribution in [0.5, 0.6) is 0 Å². The standard InChI is InChI=1S/C13H22N4/c1-2-5-14-9-12-4-3-8-17(11-12)13-10-15-6-7-16-13/h6-7,10,12,14H,2-5,8-9,11H2,1H3. The molecular weight excluding hydrogens is 212 g/mol. The molecule has 0 aromatic carbocycles. The van der Waals surface area contributed by atoms with E-state index in [1.54, 1.807) is 12.4 Å². The van der Waals surface area contributed by atoms with E-state index in [0.717, 1.165) is 37.9 Å². The van der Waals surface area contributed by atoms with Gasteiger partial charge in [-0.3, -0.25) is 4.98 Å². The van der Waals surface area contributed by atoms with E-state index in [1.807, 2.05) is 6.20 Å². The zero-order chi connectivity index (χ0) is 11.9. The summed E-state index contributed by atoms with van der Waals surface area (Å²) in [7, 11) is 0. The third-order valence-electron chi connectivity index (χ3n) is 3.25. The molecule has 0 aliphatic carbocycles. The van der Waals surface area contributed by atoms with Gasteiger partial charge in [0.15, 0.2) is 0 Å². The number of hydrogen-bond acceptors (Lipinski definition) is 4. The molecule has 2 rings (SSSR count). The van der Waals surface area contributed by atoms with Crippen LogP contribution in [0.4, 0.5) is 5.82 Å². The minimum absolute atomic E-state index is 0.748. The third kappa shape index (κ3) is 3.66. The lowest BCUT2D eigenvalue weighted by atomic mass is 9.98. The summed E-state index contributed by atoms with van der Waals surface area (Å²) < 4.78 is 0. The Bertz CT molecular complexity index is 314.